The van der Waals surface area contributed by atoms with E-state index in [0.29, 0.717) is 0 Å². The van der Waals surface area contributed by atoms with E-state index < -0.39 is 0 Å². The Hall–Kier alpha value is -2.55. The summed E-state index contributed by atoms with van der Waals surface area (Å²) in [4.78, 5) is 11.1. The van der Waals surface area contributed by atoms with Crippen LogP contribution < -0.4 is 10.6 Å². The van der Waals surface area contributed by atoms with E-state index in [1.807, 2.05) is 54.6 Å². The van der Waals surface area contributed by atoms with E-state index in [2.05, 4.69) is 17.2 Å². The summed E-state index contributed by atoms with van der Waals surface area (Å²) in [6, 6.07) is 17.4. The average molecular weight is 238 g/mol. The van der Waals surface area contributed by atoms with Gasteiger partial charge in [0.05, 0.1) is 0 Å². The van der Waals surface area contributed by atoms with E-state index in [1.165, 1.54) is 6.08 Å². The van der Waals surface area contributed by atoms with E-state index in [0.717, 1.165) is 17.1 Å². The molecule has 0 saturated heterocycles. The molecule has 2 aromatic carbocycles. The lowest BCUT2D eigenvalue weighted by Gasteiger charge is -2.07. The van der Waals surface area contributed by atoms with Gasteiger partial charge >= 0.3 is 0 Å². The van der Waals surface area contributed by atoms with Crippen LogP contribution in [0.4, 0.5) is 17.1 Å². The van der Waals surface area contributed by atoms with Crippen LogP contribution in [-0.4, -0.2) is 5.91 Å². The lowest BCUT2D eigenvalue weighted by molar-refractivity contribution is -0.111. The number of anilines is 3. The molecule has 0 aromatic heterocycles. The molecule has 0 aliphatic rings. The molecule has 0 heterocycles. The van der Waals surface area contributed by atoms with Crippen molar-refractivity contribution in [2.45, 2.75) is 0 Å². The first-order valence-electron chi connectivity index (χ1n) is 5.63. The molecule has 0 spiro atoms. The molecule has 2 rings (SSSR count). The zero-order valence-corrected chi connectivity index (χ0v) is 9.89. The predicted octanol–water partition coefficient (Wildman–Crippen LogP) is 3.55. The minimum Gasteiger partial charge on any atom is -0.356 e. The molecular weight excluding hydrogens is 224 g/mol. The van der Waals surface area contributed by atoms with Crippen molar-refractivity contribution in [3.63, 3.8) is 0 Å². The van der Waals surface area contributed by atoms with Crippen molar-refractivity contribution in [3.8, 4) is 0 Å². The van der Waals surface area contributed by atoms with Gasteiger partial charge in [0, 0.05) is 17.1 Å². The van der Waals surface area contributed by atoms with Crippen molar-refractivity contribution < 1.29 is 4.79 Å². The second-order valence-electron chi connectivity index (χ2n) is 3.76. The Bertz CT molecular complexity index is 532. The second-order valence-corrected chi connectivity index (χ2v) is 3.76. The van der Waals surface area contributed by atoms with Gasteiger partial charge in [-0.2, -0.15) is 0 Å². The third kappa shape index (κ3) is 3.22. The Morgan fingerprint density at radius 3 is 2.06 bits per heavy atom. The molecule has 3 heteroatoms. The minimum absolute atomic E-state index is 0.209. The number of benzene rings is 2. The summed E-state index contributed by atoms with van der Waals surface area (Å²) >= 11 is 0. The van der Waals surface area contributed by atoms with Gasteiger partial charge in [-0.05, 0) is 42.5 Å². The number of rotatable bonds is 4. The monoisotopic (exact) mass is 238 g/mol. The van der Waals surface area contributed by atoms with Crippen LogP contribution in [0.2, 0.25) is 0 Å². The molecule has 0 saturated carbocycles. The molecule has 3 nitrogen and oxygen atoms in total. The molecule has 2 N–H and O–H groups in total. The van der Waals surface area contributed by atoms with Crippen molar-refractivity contribution in [2.24, 2.45) is 0 Å². The van der Waals surface area contributed by atoms with Crippen LogP contribution in [0.5, 0.6) is 0 Å². The maximum absolute atomic E-state index is 11.1. The smallest absolute Gasteiger partial charge is 0.247 e. The average Bonchev–Trinajstić information content (AvgIpc) is 2.42. The number of nitrogens with one attached hydrogen (secondary N) is 2. The third-order valence-electron chi connectivity index (χ3n) is 2.40. The van der Waals surface area contributed by atoms with Crippen LogP contribution in [-0.2, 0) is 4.79 Å². The highest BCUT2D eigenvalue weighted by atomic mass is 16.1. The highest BCUT2D eigenvalue weighted by molar-refractivity contribution is 5.98. The number of carbonyl (C=O) groups is 1. The van der Waals surface area contributed by atoms with Crippen molar-refractivity contribution in [1.29, 1.82) is 0 Å². The lowest BCUT2D eigenvalue weighted by Crippen LogP contribution is -2.06. The Kier molecular flexibility index (Phi) is 3.76. The number of hydrogen-bond donors (Lipinski definition) is 2. The largest absolute Gasteiger partial charge is 0.356 e. The van der Waals surface area contributed by atoms with E-state index >= 15 is 0 Å². The summed E-state index contributed by atoms with van der Waals surface area (Å²) < 4.78 is 0. The van der Waals surface area contributed by atoms with Crippen LogP contribution in [0.25, 0.3) is 0 Å². The molecule has 1 amide bonds. The van der Waals surface area contributed by atoms with Crippen LogP contribution in [0.15, 0.2) is 67.3 Å². The van der Waals surface area contributed by atoms with Crippen molar-refractivity contribution in [1.82, 2.24) is 0 Å². The normalized spacial score (nSPS) is 9.56. The summed E-state index contributed by atoms with van der Waals surface area (Å²) in [5.74, 6) is -0.209. The summed E-state index contributed by atoms with van der Waals surface area (Å²) in [5.41, 5.74) is 2.75. The maximum atomic E-state index is 11.1. The zero-order valence-electron chi connectivity index (χ0n) is 9.89. The van der Waals surface area contributed by atoms with E-state index in [1.54, 1.807) is 0 Å². The first-order chi connectivity index (χ1) is 8.78. The molecule has 18 heavy (non-hydrogen) atoms. The SMILES string of the molecule is C=CC(=O)Nc1ccc(Nc2ccccc2)cc1. The summed E-state index contributed by atoms with van der Waals surface area (Å²) in [7, 11) is 0. The van der Waals surface area contributed by atoms with Gasteiger partial charge in [-0.25, -0.2) is 0 Å². The van der Waals surface area contributed by atoms with Gasteiger partial charge in [-0.1, -0.05) is 24.8 Å². The number of hydrogen-bond acceptors (Lipinski definition) is 2. The summed E-state index contributed by atoms with van der Waals surface area (Å²) in [6.07, 6.45) is 1.25. The molecule has 0 atom stereocenters. The predicted molar refractivity (Wildman–Crippen MR) is 75.0 cm³/mol. The lowest BCUT2D eigenvalue weighted by atomic mass is 10.2. The van der Waals surface area contributed by atoms with E-state index in [-0.39, 0.29) is 5.91 Å². The van der Waals surface area contributed by atoms with Gasteiger partial charge in [-0.15, -0.1) is 0 Å². The van der Waals surface area contributed by atoms with Crippen LogP contribution in [0.3, 0.4) is 0 Å². The molecule has 0 radical (unpaired) electrons. The van der Waals surface area contributed by atoms with E-state index in [9.17, 15) is 4.79 Å². The van der Waals surface area contributed by atoms with Crippen molar-refractivity contribution in [3.05, 3.63) is 67.3 Å². The molecule has 0 aliphatic carbocycles. The fourth-order valence-electron chi connectivity index (χ4n) is 1.52. The Morgan fingerprint density at radius 2 is 1.44 bits per heavy atom. The first-order valence-corrected chi connectivity index (χ1v) is 5.63. The number of para-hydroxylation sites is 1. The molecule has 0 aliphatic heterocycles. The van der Waals surface area contributed by atoms with Crippen LogP contribution in [0.1, 0.15) is 0 Å². The molecule has 2 aromatic rings. The van der Waals surface area contributed by atoms with Crippen molar-refractivity contribution in [2.75, 3.05) is 10.6 Å². The van der Waals surface area contributed by atoms with Crippen LogP contribution in [0, 0.1) is 0 Å². The third-order valence-corrected chi connectivity index (χ3v) is 2.40. The Morgan fingerprint density at radius 1 is 0.889 bits per heavy atom. The fraction of sp³-hybridized carbons (Fsp3) is 0. The standard InChI is InChI=1S/C15H14N2O/c1-2-15(18)17-14-10-8-13(9-11-14)16-12-6-4-3-5-7-12/h2-11,16H,1H2,(H,17,18). The topological polar surface area (TPSA) is 41.1 Å². The molecule has 0 unspecified atom stereocenters. The maximum Gasteiger partial charge on any atom is 0.247 e. The molecule has 0 bridgehead atoms. The van der Waals surface area contributed by atoms with E-state index in [4.69, 9.17) is 0 Å². The second kappa shape index (κ2) is 5.68. The van der Waals surface area contributed by atoms with Crippen LogP contribution >= 0.6 is 0 Å². The number of carbonyl (C=O) groups excluding carboxylic acids is 1. The van der Waals surface area contributed by atoms with Crippen molar-refractivity contribution >= 4 is 23.0 Å². The molecule has 90 valence electrons. The number of amides is 1. The first kappa shape index (κ1) is 11.9. The minimum atomic E-state index is -0.209. The molecular formula is C15H14N2O. The van der Waals surface area contributed by atoms with Gasteiger partial charge in [0.1, 0.15) is 0 Å². The van der Waals surface area contributed by atoms with Gasteiger partial charge in [0.15, 0.2) is 0 Å². The fourth-order valence-corrected chi connectivity index (χ4v) is 1.52. The summed E-state index contributed by atoms with van der Waals surface area (Å²) in [5, 5.41) is 5.96. The van der Waals surface area contributed by atoms with Gasteiger partial charge in [0.25, 0.3) is 0 Å². The highest BCUT2D eigenvalue weighted by Crippen LogP contribution is 2.18. The Balaban J connectivity index is 2.04. The van der Waals surface area contributed by atoms with Gasteiger partial charge < -0.3 is 10.6 Å². The molecule has 0 fully saturated rings. The zero-order chi connectivity index (χ0) is 12.8. The Labute approximate surface area is 106 Å². The highest BCUT2D eigenvalue weighted by Gasteiger charge is 1.97. The quantitative estimate of drug-likeness (QED) is 0.800. The van der Waals surface area contributed by atoms with Gasteiger partial charge in [-0.3, -0.25) is 4.79 Å². The van der Waals surface area contributed by atoms with Gasteiger partial charge in [0.2, 0.25) is 5.91 Å². The summed E-state index contributed by atoms with van der Waals surface area (Å²) in [6.45, 7) is 3.41.